The van der Waals surface area contributed by atoms with Crippen molar-refractivity contribution >= 4 is 58.3 Å². The second-order valence-corrected chi connectivity index (χ2v) is 9.01. The Kier molecular flexibility index (Phi) is 7.22. The number of hydrogen-bond donors (Lipinski definition) is 3. The van der Waals surface area contributed by atoms with E-state index in [-0.39, 0.29) is 60.0 Å². The van der Waals surface area contributed by atoms with E-state index in [1.54, 1.807) is 25.2 Å². The molecule has 184 valence electrons. The van der Waals surface area contributed by atoms with Crippen LogP contribution < -0.4 is 10.6 Å². The Hall–Kier alpha value is -3.25. The van der Waals surface area contributed by atoms with Crippen molar-refractivity contribution in [3.8, 4) is 0 Å². The SMILES string of the molecule is CNc1cc(Cl)ccc1C(=N)c1cnc2c(n1)c(C(=O)N[C@H](C)C(=O)N1CCC(F)C1)cn2SF. The van der Waals surface area contributed by atoms with E-state index in [0.29, 0.717) is 16.3 Å². The van der Waals surface area contributed by atoms with Crippen LogP contribution in [0.1, 0.15) is 35.0 Å². The van der Waals surface area contributed by atoms with Gasteiger partial charge in [0.05, 0.1) is 24.0 Å². The van der Waals surface area contributed by atoms with Gasteiger partial charge in [-0.3, -0.25) is 15.0 Å². The van der Waals surface area contributed by atoms with Gasteiger partial charge >= 0.3 is 0 Å². The van der Waals surface area contributed by atoms with Gasteiger partial charge in [0.1, 0.15) is 23.4 Å². The highest BCUT2D eigenvalue weighted by Crippen LogP contribution is 2.26. The molecule has 3 aromatic rings. The Morgan fingerprint density at radius 3 is 2.77 bits per heavy atom. The van der Waals surface area contributed by atoms with E-state index >= 15 is 0 Å². The van der Waals surface area contributed by atoms with Gasteiger partial charge in [0.2, 0.25) is 5.91 Å². The quantitative estimate of drug-likeness (QED) is 0.409. The van der Waals surface area contributed by atoms with E-state index in [2.05, 4.69) is 20.6 Å². The van der Waals surface area contributed by atoms with E-state index in [0.717, 1.165) is 3.97 Å². The van der Waals surface area contributed by atoms with Crippen LogP contribution in [0.3, 0.4) is 0 Å². The van der Waals surface area contributed by atoms with Crippen molar-refractivity contribution in [1.29, 1.82) is 5.41 Å². The molecular formula is C22H22ClF2N7O2S. The van der Waals surface area contributed by atoms with Gasteiger partial charge in [-0.05, 0) is 31.5 Å². The largest absolute Gasteiger partial charge is 0.388 e. The molecular weight excluding hydrogens is 500 g/mol. The van der Waals surface area contributed by atoms with E-state index in [1.165, 1.54) is 24.2 Å². The highest BCUT2D eigenvalue weighted by Gasteiger charge is 2.30. The number of nitrogens with one attached hydrogen (secondary N) is 3. The molecule has 0 saturated carbocycles. The molecule has 0 bridgehead atoms. The Morgan fingerprint density at radius 2 is 2.11 bits per heavy atom. The third-order valence-electron chi connectivity index (χ3n) is 5.72. The second kappa shape index (κ2) is 10.2. The lowest BCUT2D eigenvalue weighted by Crippen LogP contribution is -2.46. The summed E-state index contributed by atoms with van der Waals surface area (Å²) >= 11 is 5.88. The molecule has 3 N–H and O–H groups in total. The predicted octanol–water partition coefficient (Wildman–Crippen LogP) is 3.61. The van der Waals surface area contributed by atoms with Crippen LogP contribution in [0.2, 0.25) is 5.02 Å². The highest BCUT2D eigenvalue weighted by molar-refractivity contribution is 7.92. The Bertz CT molecular complexity index is 1320. The smallest absolute Gasteiger partial charge is 0.255 e. The number of amides is 2. The minimum absolute atomic E-state index is 0.00685. The van der Waals surface area contributed by atoms with Crippen molar-refractivity contribution in [3.05, 3.63) is 52.4 Å². The summed E-state index contributed by atoms with van der Waals surface area (Å²) in [5.41, 5.74) is 1.42. The molecule has 3 heterocycles. The molecule has 0 radical (unpaired) electrons. The first-order valence-corrected chi connectivity index (χ1v) is 11.8. The lowest BCUT2D eigenvalue weighted by molar-refractivity contribution is -0.131. The Balaban J connectivity index is 1.64. The molecule has 0 spiro atoms. The lowest BCUT2D eigenvalue weighted by Gasteiger charge is -2.20. The van der Waals surface area contributed by atoms with Crippen LogP contribution in [-0.2, 0) is 4.79 Å². The maximum absolute atomic E-state index is 13.5. The van der Waals surface area contributed by atoms with Crippen molar-refractivity contribution < 1.29 is 17.9 Å². The van der Waals surface area contributed by atoms with Crippen molar-refractivity contribution in [2.75, 3.05) is 25.5 Å². The zero-order chi connectivity index (χ0) is 25.3. The number of hydrogen-bond acceptors (Lipinski definition) is 7. The van der Waals surface area contributed by atoms with Crippen molar-refractivity contribution in [3.63, 3.8) is 0 Å². The zero-order valence-electron chi connectivity index (χ0n) is 18.8. The van der Waals surface area contributed by atoms with Gasteiger partial charge in [-0.15, -0.1) is 3.89 Å². The number of nitrogens with zero attached hydrogens (tertiary/aromatic N) is 4. The number of anilines is 1. The lowest BCUT2D eigenvalue weighted by atomic mass is 10.1. The van der Waals surface area contributed by atoms with Gasteiger partial charge in [0, 0.05) is 36.1 Å². The zero-order valence-corrected chi connectivity index (χ0v) is 20.4. The first-order valence-electron chi connectivity index (χ1n) is 10.7. The van der Waals surface area contributed by atoms with Gasteiger partial charge < -0.3 is 15.5 Å². The van der Waals surface area contributed by atoms with E-state index in [9.17, 15) is 17.9 Å². The topological polar surface area (TPSA) is 116 Å². The number of rotatable bonds is 7. The molecule has 0 aliphatic carbocycles. The first kappa shape index (κ1) is 24.9. The van der Waals surface area contributed by atoms with Crippen molar-refractivity contribution in [2.24, 2.45) is 0 Å². The number of fused-ring (bicyclic) bond motifs is 1. The van der Waals surface area contributed by atoms with Crippen LogP contribution in [-0.4, -0.2) is 68.7 Å². The molecule has 1 aliphatic heterocycles. The molecule has 35 heavy (non-hydrogen) atoms. The normalized spacial score (nSPS) is 16.4. The number of carbonyl (C=O) groups is 2. The standard InChI is InChI=1S/C22H22ClF2N7O2S/c1-11(22(34)31-6-5-13(24)9-31)29-21(33)15-10-32(35-25)20-19(15)30-17(8-28-20)18(26)14-4-3-12(23)7-16(14)27-2/h3-4,7-8,10-11,13,26-27H,5-6,9H2,1-2H3,(H,29,33)/t11-,13?/m1/s1. The van der Waals surface area contributed by atoms with Crippen LogP contribution >= 0.6 is 23.9 Å². The van der Waals surface area contributed by atoms with Crippen LogP contribution in [0, 0.1) is 5.41 Å². The summed E-state index contributed by atoms with van der Waals surface area (Å²) in [7, 11) is 1.69. The fourth-order valence-corrected chi connectivity index (χ4v) is 4.43. The van der Waals surface area contributed by atoms with Gasteiger partial charge in [-0.2, -0.15) is 0 Å². The fraction of sp³-hybridized carbons (Fsp3) is 0.318. The summed E-state index contributed by atoms with van der Waals surface area (Å²) in [6.07, 6.45) is 1.74. The summed E-state index contributed by atoms with van der Waals surface area (Å²) in [5, 5.41) is 14.7. The predicted molar refractivity (Wildman–Crippen MR) is 132 cm³/mol. The number of aromatic nitrogens is 3. The van der Waals surface area contributed by atoms with Crippen LogP contribution in [0.25, 0.3) is 11.2 Å². The molecule has 1 aromatic carbocycles. The molecule has 1 aliphatic rings. The average Bonchev–Trinajstić information content (AvgIpc) is 3.45. The minimum atomic E-state index is -1.07. The number of carbonyl (C=O) groups excluding carboxylic acids is 2. The van der Waals surface area contributed by atoms with Crippen LogP contribution in [0.15, 0.2) is 30.6 Å². The third kappa shape index (κ3) is 4.94. The molecule has 9 nitrogen and oxygen atoms in total. The highest BCUT2D eigenvalue weighted by atomic mass is 35.5. The molecule has 4 rings (SSSR count). The van der Waals surface area contributed by atoms with Crippen LogP contribution in [0.5, 0.6) is 0 Å². The third-order valence-corrected chi connectivity index (χ3v) is 6.38. The number of halogens is 3. The number of alkyl halides is 1. The van der Waals surface area contributed by atoms with Gasteiger partial charge in [-0.1, -0.05) is 11.6 Å². The minimum Gasteiger partial charge on any atom is -0.388 e. The summed E-state index contributed by atoms with van der Waals surface area (Å²) in [5.74, 6) is -1.07. The monoisotopic (exact) mass is 521 g/mol. The molecule has 1 saturated heterocycles. The summed E-state index contributed by atoms with van der Waals surface area (Å²) < 4.78 is 28.0. The number of likely N-dealkylation sites (tertiary alicyclic amines) is 1. The van der Waals surface area contributed by atoms with Gasteiger partial charge in [-0.25, -0.2) is 18.3 Å². The van der Waals surface area contributed by atoms with Gasteiger partial charge in [0.25, 0.3) is 5.91 Å². The van der Waals surface area contributed by atoms with E-state index < -0.39 is 24.0 Å². The second-order valence-electron chi connectivity index (χ2n) is 8.05. The maximum Gasteiger partial charge on any atom is 0.255 e. The summed E-state index contributed by atoms with van der Waals surface area (Å²) in [4.78, 5) is 35.6. The van der Waals surface area contributed by atoms with Crippen molar-refractivity contribution in [1.82, 2.24) is 24.2 Å². The fourth-order valence-electron chi connectivity index (χ4n) is 3.91. The van der Waals surface area contributed by atoms with E-state index in [1.807, 2.05) is 0 Å². The maximum atomic E-state index is 13.5. The Morgan fingerprint density at radius 1 is 1.34 bits per heavy atom. The summed E-state index contributed by atoms with van der Waals surface area (Å²) in [6.45, 7) is 1.78. The van der Waals surface area contributed by atoms with E-state index in [4.69, 9.17) is 17.0 Å². The van der Waals surface area contributed by atoms with Crippen molar-refractivity contribution in [2.45, 2.75) is 25.6 Å². The first-order chi connectivity index (χ1) is 16.7. The van der Waals surface area contributed by atoms with Gasteiger partial charge in [0.15, 0.2) is 18.0 Å². The molecule has 1 fully saturated rings. The molecule has 13 heteroatoms. The summed E-state index contributed by atoms with van der Waals surface area (Å²) in [6, 6.07) is 4.03. The molecule has 1 unspecified atom stereocenters. The molecule has 2 atom stereocenters. The average molecular weight is 522 g/mol. The Labute approximate surface area is 209 Å². The molecule has 2 amide bonds. The number of benzene rings is 1. The molecule has 2 aromatic heterocycles. The van der Waals surface area contributed by atoms with Crippen LogP contribution in [0.4, 0.5) is 14.0 Å².